The fraction of sp³-hybridized carbons (Fsp3) is 0.318. The minimum absolute atomic E-state index is 0.198. The van der Waals surface area contributed by atoms with Crippen molar-refractivity contribution < 1.29 is 43.5 Å². The molecule has 0 bridgehead atoms. The van der Waals surface area contributed by atoms with Gasteiger partial charge in [0.1, 0.15) is 18.8 Å². The van der Waals surface area contributed by atoms with Crippen LogP contribution in [0.5, 0.6) is 0 Å². The zero-order valence-electron chi connectivity index (χ0n) is 16.6. The third-order valence-electron chi connectivity index (χ3n) is 4.58. The van der Waals surface area contributed by atoms with Crippen molar-refractivity contribution in [3.63, 3.8) is 0 Å². The molecule has 2 aromatic rings. The first-order valence-corrected chi connectivity index (χ1v) is 9.54. The van der Waals surface area contributed by atoms with E-state index in [-0.39, 0.29) is 11.1 Å². The number of esters is 3. The molecule has 1 aliphatic rings. The van der Waals surface area contributed by atoms with E-state index in [0.717, 1.165) is 6.92 Å². The number of carbonyl (C=O) groups is 3. The third kappa shape index (κ3) is 5.66. The van der Waals surface area contributed by atoms with E-state index in [1.54, 1.807) is 48.5 Å². The van der Waals surface area contributed by atoms with E-state index >= 15 is 0 Å². The lowest BCUT2D eigenvalue weighted by Gasteiger charge is -2.41. The van der Waals surface area contributed by atoms with Gasteiger partial charge in [-0.25, -0.2) is 9.59 Å². The zero-order chi connectivity index (χ0) is 22.4. The van der Waals surface area contributed by atoms with Crippen LogP contribution in [0.25, 0.3) is 0 Å². The van der Waals surface area contributed by atoms with Crippen LogP contribution in [0.15, 0.2) is 60.7 Å². The van der Waals surface area contributed by atoms with Crippen molar-refractivity contribution in [3.8, 4) is 0 Å². The van der Waals surface area contributed by atoms with Gasteiger partial charge in [-0.3, -0.25) is 4.79 Å². The molecule has 31 heavy (non-hydrogen) atoms. The molecule has 0 radical (unpaired) electrons. The molecule has 2 N–H and O–H groups in total. The summed E-state index contributed by atoms with van der Waals surface area (Å²) in [6.45, 7) is 0.668. The Kier molecular flexibility index (Phi) is 7.35. The lowest BCUT2D eigenvalue weighted by Crippen LogP contribution is -2.61. The highest BCUT2D eigenvalue weighted by Crippen LogP contribution is 2.26. The van der Waals surface area contributed by atoms with Crippen molar-refractivity contribution in [1.29, 1.82) is 0 Å². The van der Waals surface area contributed by atoms with Gasteiger partial charge in [-0.2, -0.15) is 0 Å². The molecule has 0 unspecified atom stereocenters. The normalized spacial score (nSPS) is 25.3. The summed E-state index contributed by atoms with van der Waals surface area (Å²) in [7, 11) is 0. The van der Waals surface area contributed by atoms with Crippen molar-refractivity contribution in [3.05, 3.63) is 71.8 Å². The van der Waals surface area contributed by atoms with Crippen molar-refractivity contribution in [2.75, 3.05) is 6.61 Å². The molecule has 3 rings (SSSR count). The van der Waals surface area contributed by atoms with Crippen LogP contribution >= 0.6 is 0 Å². The Balaban J connectivity index is 1.73. The first-order chi connectivity index (χ1) is 14.9. The van der Waals surface area contributed by atoms with Gasteiger partial charge in [-0.15, -0.1) is 0 Å². The minimum Gasteiger partial charge on any atom is -0.459 e. The molecule has 5 atom stereocenters. The third-order valence-corrected chi connectivity index (χ3v) is 4.58. The quantitative estimate of drug-likeness (QED) is 0.511. The van der Waals surface area contributed by atoms with Crippen LogP contribution in [-0.4, -0.2) is 65.4 Å². The largest absolute Gasteiger partial charge is 0.459 e. The van der Waals surface area contributed by atoms with Crippen LogP contribution in [0.3, 0.4) is 0 Å². The summed E-state index contributed by atoms with van der Waals surface area (Å²) in [5.41, 5.74) is 0.488. The molecule has 1 aliphatic heterocycles. The molecule has 1 saturated heterocycles. The monoisotopic (exact) mass is 430 g/mol. The van der Waals surface area contributed by atoms with Gasteiger partial charge in [0.25, 0.3) is 0 Å². The molecule has 0 saturated carbocycles. The van der Waals surface area contributed by atoms with Gasteiger partial charge >= 0.3 is 17.9 Å². The Morgan fingerprint density at radius 2 is 1.39 bits per heavy atom. The highest BCUT2D eigenvalue weighted by Gasteiger charge is 2.49. The number of aliphatic hydroxyl groups excluding tert-OH is 2. The summed E-state index contributed by atoms with van der Waals surface area (Å²) < 4.78 is 20.8. The number of hydrogen-bond donors (Lipinski definition) is 2. The predicted octanol–water partition coefficient (Wildman–Crippen LogP) is 1.08. The Hall–Kier alpha value is -3.27. The predicted molar refractivity (Wildman–Crippen MR) is 105 cm³/mol. The van der Waals surface area contributed by atoms with Gasteiger partial charge in [0.05, 0.1) is 11.1 Å². The summed E-state index contributed by atoms with van der Waals surface area (Å²) in [5, 5.41) is 21.0. The van der Waals surface area contributed by atoms with Gasteiger partial charge in [0.2, 0.25) is 0 Å². The topological polar surface area (TPSA) is 129 Å². The van der Waals surface area contributed by atoms with Gasteiger partial charge in [0, 0.05) is 6.92 Å². The molecule has 0 amide bonds. The molecule has 1 heterocycles. The second-order valence-corrected chi connectivity index (χ2v) is 6.83. The summed E-state index contributed by atoms with van der Waals surface area (Å²) in [5.74, 6) is -2.23. The molecule has 9 heteroatoms. The molecule has 0 aromatic heterocycles. The van der Waals surface area contributed by atoms with Crippen molar-refractivity contribution in [2.24, 2.45) is 0 Å². The smallest absolute Gasteiger partial charge is 0.338 e. The molecule has 0 spiro atoms. The van der Waals surface area contributed by atoms with Crippen LogP contribution in [-0.2, 0) is 23.7 Å². The second kappa shape index (κ2) is 10.2. The fourth-order valence-electron chi connectivity index (χ4n) is 3.08. The van der Waals surface area contributed by atoms with Gasteiger partial charge in [-0.1, -0.05) is 36.4 Å². The van der Waals surface area contributed by atoms with E-state index in [2.05, 4.69) is 0 Å². The molecular weight excluding hydrogens is 408 g/mol. The summed E-state index contributed by atoms with van der Waals surface area (Å²) >= 11 is 0. The number of benzene rings is 2. The maximum Gasteiger partial charge on any atom is 0.338 e. The van der Waals surface area contributed by atoms with Crippen molar-refractivity contribution >= 4 is 17.9 Å². The Labute approximate surface area is 178 Å². The maximum absolute atomic E-state index is 12.5. The SMILES string of the molecule is CC(=O)O[C@H]1[C@@H](OC(=O)c2ccccc2)[C@H](O)[C@@H](COC(=O)c2ccccc2)O[C@@H]1O. The highest BCUT2D eigenvalue weighted by molar-refractivity contribution is 5.90. The lowest BCUT2D eigenvalue weighted by atomic mass is 9.98. The van der Waals surface area contributed by atoms with E-state index in [1.807, 2.05) is 0 Å². The second-order valence-electron chi connectivity index (χ2n) is 6.83. The average molecular weight is 430 g/mol. The number of hydrogen-bond acceptors (Lipinski definition) is 9. The Morgan fingerprint density at radius 3 is 1.94 bits per heavy atom. The molecule has 0 aliphatic carbocycles. The maximum atomic E-state index is 12.5. The molecule has 9 nitrogen and oxygen atoms in total. The minimum atomic E-state index is -1.72. The molecule has 2 aromatic carbocycles. The van der Waals surface area contributed by atoms with Gasteiger partial charge < -0.3 is 29.2 Å². The van der Waals surface area contributed by atoms with E-state index < -0.39 is 55.2 Å². The zero-order valence-corrected chi connectivity index (χ0v) is 16.6. The molecule has 1 fully saturated rings. The van der Waals surface area contributed by atoms with E-state index in [0.29, 0.717) is 0 Å². The number of carbonyl (C=O) groups excluding carboxylic acids is 3. The van der Waals surface area contributed by atoms with E-state index in [4.69, 9.17) is 18.9 Å². The Bertz CT molecular complexity index is 900. The Morgan fingerprint density at radius 1 is 0.839 bits per heavy atom. The van der Waals surface area contributed by atoms with E-state index in [9.17, 15) is 24.6 Å². The van der Waals surface area contributed by atoms with Crippen LogP contribution in [0.4, 0.5) is 0 Å². The number of aliphatic hydroxyl groups is 2. The van der Waals surface area contributed by atoms with Gasteiger partial charge in [-0.05, 0) is 24.3 Å². The van der Waals surface area contributed by atoms with Crippen LogP contribution in [0.1, 0.15) is 27.6 Å². The molecular formula is C22H22O9. The van der Waals surface area contributed by atoms with Crippen LogP contribution in [0.2, 0.25) is 0 Å². The van der Waals surface area contributed by atoms with Crippen LogP contribution in [0, 0.1) is 0 Å². The summed E-state index contributed by atoms with van der Waals surface area (Å²) in [4.78, 5) is 36.1. The van der Waals surface area contributed by atoms with Gasteiger partial charge in [0.15, 0.2) is 18.5 Å². The standard InChI is InChI=1S/C22H22O9/c1-13(23)29-19-18(31-21(26)15-10-6-3-7-11-15)17(24)16(30-22(19)27)12-28-20(25)14-8-4-2-5-9-14/h2-11,16-19,22,24,27H,12H2,1H3/t16-,17-,18+,19+,22+/m1/s1. The van der Waals surface area contributed by atoms with Crippen LogP contribution < -0.4 is 0 Å². The summed E-state index contributed by atoms with van der Waals surface area (Å²) in [6, 6.07) is 16.1. The number of rotatable bonds is 6. The molecule has 164 valence electrons. The summed E-state index contributed by atoms with van der Waals surface area (Å²) in [6.07, 6.45) is -7.43. The van der Waals surface area contributed by atoms with E-state index in [1.165, 1.54) is 12.1 Å². The van der Waals surface area contributed by atoms with Crippen molar-refractivity contribution in [2.45, 2.75) is 37.6 Å². The lowest BCUT2D eigenvalue weighted by molar-refractivity contribution is -0.289. The average Bonchev–Trinajstić information content (AvgIpc) is 2.78. The number of ether oxygens (including phenoxy) is 4. The fourth-order valence-corrected chi connectivity index (χ4v) is 3.08. The highest BCUT2D eigenvalue weighted by atomic mass is 16.7. The first kappa shape index (κ1) is 22.4. The van der Waals surface area contributed by atoms with Crippen molar-refractivity contribution in [1.82, 2.24) is 0 Å². The first-order valence-electron chi connectivity index (χ1n) is 9.54.